The highest BCUT2D eigenvalue weighted by molar-refractivity contribution is 5.67. The highest BCUT2D eigenvalue weighted by Gasteiger charge is 2.18. The van der Waals surface area contributed by atoms with Crippen molar-refractivity contribution >= 4 is 5.69 Å². The van der Waals surface area contributed by atoms with E-state index in [1.54, 1.807) is 49.6 Å². The molecule has 0 saturated heterocycles. The minimum absolute atomic E-state index is 0.0425. The third kappa shape index (κ3) is 3.32. The molecule has 24 heavy (non-hydrogen) atoms. The highest BCUT2D eigenvalue weighted by atomic mass is 16.6. The number of aromatic amines is 1. The van der Waals surface area contributed by atoms with Crippen molar-refractivity contribution in [3.05, 3.63) is 64.5 Å². The van der Waals surface area contributed by atoms with E-state index in [2.05, 4.69) is 15.2 Å². The molecule has 0 saturated carbocycles. The van der Waals surface area contributed by atoms with Crippen molar-refractivity contribution in [2.24, 2.45) is 0 Å². The van der Waals surface area contributed by atoms with Crippen LogP contribution in [0, 0.1) is 10.1 Å². The Morgan fingerprint density at radius 1 is 1.12 bits per heavy atom. The van der Waals surface area contributed by atoms with Crippen LogP contribution < -0.4 is 9.47 Å². The van der Waals surface area contributed by atoms with Gasteiger partial charge in [0.2, 0.25) is 0 Å². The second-order valence-corrected chi connectivity index (χ2v) is 4.84. The number of ether oxygens (including phenoxy) is 2. The van der Waals surface area contributed by atoms with Gasteiger partial charge in [-0.1, -0.05) is 12.1 Å². The molecule has 0 radical (unpaired) electrons. The lowest BCUT2D eigenvalue weighted by Gasteiger charge is -2.04. The maximum absolute atomic E-state index is 11.1. The van der Waals surface area contributed by atoms with Crippen molar-refractivity contribution in [3.8, 4) is 22.9 Å². The quantitative estimate of drug-likeness (QED) is 0.552. The predicted octanol–water partition coefficient (Wildman–Crippen LogP) is 2.97. The van der Waals surface area contributed by atoms with E-state index in [1.807, 2.05) is 0 Å². The van der Waals surface area contributed by atoms with Gasteiger partial charge >= 0.3 is 0 Å². The molecule has 1 aromatic heterocycles. The normalized spacial score (nSPS) is 10.4. The first-order valence-electron chi connectivity index (χ1n) is 7.09. The van der Waals surface area contributed by atoms with Crippen LogP contribution in [0.25, 0.3) is 11.4 Å². The molecule has 0 unspecified atom stereocenters. The van der Waals surface area contributed by atoms with E-state index in [9.17, 15) is 10.1 Å². The molecule has 8 nitrogen and oxygen atoms in total. The molecule has 3 rings (SSSR count). The van der Waals surface area contributed by atoms with Gasteiger partial charge in [0.15, 0.2) is 11.6 Å². The van der Waals surface area contributed by atoms with Gasteiger partial charge in [0.1, 0.15) is 18.1 Å². The summed E-state index contributed by atoms with van der Waals surface area (Å²) < 4.78 is 10.7. The van der Waals surface area contributed by atoms with Crippen molar-refractivity contribution in [1.82, 2.24) is 15.2 Å². The number of nitro benzene ring substituents is 1. The lowest BCUT2D eigenvalue weighted by molar-refractivity contribution is -0.384. The van der Waals surface area contributed by atoms with Gasteiger partial charge in [0.05, 0.1) is 17.6 Å². The summed E-state index contributed by atoms with van der Waals surface area (Å²) in [6.07, 6.45) is 0. The number of aromatic nitrogens is 3. The topological polar surface area (TPSA) is 103 Å². The molecule has 1 heterocycles. The van der Waals surface area contributed by atoms with Gasteiger partial charge in [0, 0.05) is 6.07 Å². The molecule has 3 aromatic rings. The van der Waals surface area contributed by atoms with E-state index < -0.39 is 4.92 Å². The Morgan fingerprint density at radius 2 is 1.83 bits per heavy atom. The smallest absolute Gasteiger partial charge is 0.280 e. The first-order valence-corrected chi connectivity index (χ1v) is 7.09. The third-order valence-corrected chi connectivity index (χ3v) is 3.31. The fourth-order valence-electron chi connectivity index (χ4n) is 2.13. The SMILES string of the molecule is COc1ccc(OCc2nc(-c3ccccc3[N+](=O)[O-])n[nH]2)cc1. The van der Waals surface area contributed by atoms with Gasteiger partial charge in [-0.3, -0.25) is 15.2 Å². The molecule has 0 fully saturated rings. The summed E-state index contributed by atoms with van der Waals surface area (Å²) >= 11 is 0. The van der Waals surface area contributed by atoms with Gasteiger partial charge in [0.25, 0.3) is 5.69 Å². The molecule has 0 bridgehead atoms. The summed E-state index contributed by atoms with van der Waals surface area (Å²) in [6, 6.07) is 13.4. The zero-order chi connectivity index (χ0) is 16.9. The van der Waals surface area contributed by atoms with Gasteiger partial charge in [-0.25, -0.2) is 4.98 Å². The van der Waals surface area contributed by atoms with Crippen LogP contribution >= 0.6 is 0 Å². The highest BCUT2D eigenvalue weighted by Crippen LogP contribution is 2.26. The van der Waals surface area contributed by atoms with Crippen LogP contribution in [-0.4, -0.2) is 27.2 Å². The summed E-state index contributed by atoms with van der Waals surface area (Å²) in [6.45, 7) is 0.167. The number of nitro groups is 1. The van der Waals surface area contributed by atoms with Gasteiger partial charge < -0.3 is 9.47 Å². The van der Waals surface area contributed by atoms with Crippen molar-refractivity contribution < 1.29 is 14.4 Å². The molecule has 0 aliphatic heterocycles. The van der Waals surface area contributed by atoms with E-state index >= 15 is 0 Å². The van der Waals surface area contributed by atoms with E-state index in [-0.39, 0.29) is 18.1 Å². The lowest BCUT2D eigenvalue weighted by atomic mass is 10.2. The second kappa shape index (κ2) is 6.78. The van der Waals surface area contributed by atoms with Crippen molar-refractivity contribution in [3.63, 3.8) is 0 Å². The van der Waals surface area contributed by atoms with Gasteiger partial charge in [-0.05, 0) is 30.3 Å². The average molecular weight is 326 g/mol. The maximum Gasteiger partial charge on any atom is 0.280 e. The minimum Gasteiger partial charge on any atom is -0.497 e. The van der Waals surface area contributed by atoms with Crippen molar-refractivity contribution in [1.29, 1.82) is 0 Å². The van der Waals surface area contributed by atoms with E-state index in [0.29, 0.717) is 17.1 Å². The number of nitrogens with one attached hydrogen (secondary N) is 1. The molecule has 2 aromatic carbocycles. The third-order valence-electron chi connectivity index (χ3n) is 3.31. The number of hydrogen-bond acceptors (Lipinski definition) is 6. The standard InChI is InChI=1S/C16H14N4O4/c1-23-11-6-8-12(9-7-11)24-10-15-17-16(19-18-15)13-4-2-3-5-14(13)20(21)22/h2-9H,10H2,1H3,(H,17,18,19). The fraction of sp³-hybridized carbons (Fsp3) is 0.125. The molecule has 0 aliphatic carbocycles. The number of H-pyrrole nitrogens is 1. The number of hydrogen-bond donors (Lipinski definition) is 1. The lowest BCUT2D eigenvalue weighted by Crippen LogP contribution is -1.98. The average Bonchev–Trinajstić information content (AvgIpc) is 3.09. The Bertz CT molecular complexity index is 845. The molecule has 1 N–H and O–H groups in total. The zero-order valence-corrected chi connectivity index (χ0v) is 12.8. The molecule has 8 heteroatoms. The molecule has 0 atom stereocenters. The van der Waals surface area contributed by atoms with Crippen LogP contribution in [0.5, 0.6) is 11.5 Å². The number of rotatable bonds is 6. The van der Waals surface area contributed by atoms with E-state index in [0.717, 1.165) is 5.75 Å². The van der Waals surface area contributed by atoms with Crippen LogP contribution in [0.3, 0.4) is 0 Å². The molecular weight excluding hydrogens is 312 g/mol. The van der Waals surface area contributed by atoms with Gasteiger partial charge in [-0.2, -0.15) is 5.10 Å². The minimum atomic E-state index is -0.459. The number of benzene rings is 2. The van der Waals surface area contributed by atoms with Crippen LogP contribution in [0.2, 0.25) is 0 Å². The Balaban J connectivity index is 1.73. The van der Waals surface area contributed by atoms with E-state index in [1.165, 1.54) is 6.07 Å². The number of para-hydroxylation sites is 1. The Morgan fingerprint density at radius 3 is 2.54 bits per heavy atom. The van der Waals surface area contributed by atoms with Crippen LogP contribution in [0.4, 0.5) is 5.69 Å². The van der Waals surface area contributed by atoms with E-state index in [4.69, 9.17) is 9.47 Å². The number of nitrogens with zero attached hydrogens (tertiary/aromatic N) is 3. The molecular formula is C16H14N4O4. The van der Waals surface area contributed by atoms with Crippen LogP contribution in [0.15, 0.2) is 48.5 Å². The number of methoxy groups -OCH3 is 1. The second-order valence-electron chi connectivity index (χ2n) is 4.84. The largest absolute Gasteiger partial charge is 0.497 e. The fourth-order valence-corrected chi connectivity index (χ4v) is 2.13. The zero-order valence-electron chi connectivity index (χ0n) is 12.8. The summed E-state index contributed by atoms with van der Waals surface area (Å²) in [7, 11) is 1.59. The van der Waals surface area contributed by atoms with Crippen molar-refractivity contribution in [2.45, 2.75) is 6.61 Å². The van der Waals surface area contributed by atoms with Gasteiger partial charge in [-0.15, -0.1) is 0 Å². The molecule has 0 aliphatic rings. The van der Waals surface area contributed by atoms with Crippen LogP contribution in [0.1, 0.15) is 5.82 Å². The predicted molar refractivity (Wildman–Crippen MR) is 85.8 cm³/mol. The first kappa shape index (κ1) is 15.5. The molecule has 0 amide bonds. The maximum atomic E-state index is 11.1. The Kier molecular flexibility index (Phi) is 4.37. The molecule has 122 valence electrons. The van der Waals surface area contributed by atoms with Crippen molar-refractivity contribution in [2.75, 3.05) is 7.11 Å². The Hall–Kier alpha value is -3.42. The summed E-state index contributed by atoms with van der Waals surface area (Å²) in [5.41, 5.74) is 0.313. The summed E-state index contributed by atoms with van der Waals surface area (Å²) in [5.74, 6) is 2.12. The summed E-state index contributed by atoms with van der Waals surface area (Å²) in [4.78, 5) is 14.9. The first-order chi connectivity index (χ1) is 11.7. The Labute approximate surface area is 137 Å². The monoisotopic (exact) mass is 326 g/mol. The summed E-state index contributed by atoms with van der Waals surface area (Å²) in [5, 5.41) is 17.8. The molecule has 0 spiro atoms. The van der Waals surface area contributed by atoms with Crippen LogP contribution in [-0.2, 0) is 6.61 Å².